The van der Waals surface area contributed by atoms with Gasteiger partial charge in [-0.2, -0.15) is 0 Å². The predicted molar refractivity (Wildman–Crippen MR) is 78.2 cm³/mol. The molecule has 0 aliphatic carbocycles. The van der Waals surface area contributed by atoms with Crippen LogP contribution in [0.2, 0.25) is 0 Å². The molecular weight excluding hydrogens is 274 g/mol. The molecule has 1 aromatic carbocycles. The topological polar surface area (TPSA) is 55.4 Å². The summed E-state index contributed by atoms with van der Waals surface area (Å²) in [6.07, 6.45) is -0.645. The lowest BCUT2D eigenvalue weighted by atomic mass is 10.3. The van der Waals surface area contributed by atoms with Crippen molar-refractivity contribution in [2.45, 2.75) is 13.0 Å². The Hall–Kier alpha value is -2.14. The van der Waals surface area contributed by atoms with Crippen LogP contribution in [0, 0.1) is 0 Å². The Morgan fingerprint density at radius 2 is 1.95 bits per heavy atom. The van der Waals surface area contributed by atoms with Gasteiger partial charge >= 0.3 is 0 Å². The van der Waals surface area contributed by atoms with Gasteiger partial charge in [-0.25, -0.2) is 0 Å². The summed E-state index contributed by atoms with van der Waals surface area (Å²) in [5, 5.41) is 4.41. The van der Waals surface area contributed by atoms with Crippen molar-refractivity contribution >= 4 is 23.0 Å². The molecule has 0 radical (unpaired) electrons. The van der Waals surface area contributed by atoms with E-state index >= 15 is 0 Å². The third-order valence-electron chi connectivity index (χ3n) is 2.64. The van der Waals surface area contributed by atoms with E-state index in [-0.39, 0.29) is 18.2 Å². The molecule has 4 nitrogen and oxygen atoms in total. The van der Waals surface area contributed by atoms with E-state index in [1.54, 1.807) is 31.2 Å². The zero-order valence-electron chi connectivity index (χ0n) is 11.0. The largest absolute Gasteiger partial charge is 0.481 e. The lowest BCUT2D eigenvalue weighted by molar-refractivity contribution is -0.127. The Morgan fingerprint density at radius 3 is 2.60 bits per heavy atom. The fourth-order valence-electron chi connectivity index (χ4n) is 1.59. The molecule has 2 aromatic rings. The zero-order valence-corrected chi connectivity index (χ0v) is 11.9. The van der Waals surface area contributed by atoms with Crippen molar-refractivity contribution in [1.29, 1.82) is 0 Å². The first-order valence-electron chi connectivity index (χ1n) is 6.23. The van der Waals surface area contributed by atoms with E-state index in [4.69, 9.17) is 4.74 Å². The molecule has 0 bridgehead atoms. The van der Waals surface area contributed by atoms with Crippen LogP contribution in [0.3, 0.4) is 0 Å². The monoisotopic (exact) mass is 289 g/mol. The molecule has 1 heterocycles. The van der Waals surface area contributed by atoms with Crippen molar-refractivity contribution < 1.29 is 14.3 Å². The van der Waals surface area contributed by atoms with Crippen LogP contribution in [-0.4, -0.2) is 24.3 Å². The van der Waals surface area contributed by atoms with Crippen LogP contribution in [0.25, 0.3) is 0 Å². The second-order valence-electron chi connectivity index (χ2n) is 4.19. The van der Waals surface area contributed by atoms with Gasteiger partial charge in [0.15, 0.2) is 11.9 Å². The molecule has 1 amide bonds. The van der Waals surface area contributed by atoms with Crippen LogP contribution < -0.4 is 10.1 Å². The average molecular weight is 289 g/mol. The molecule has 0 fully saturated rings. The fourth-order valence-corrected chi connectivity index (χ4v) is 2.26. The highest BCUT2D eigenvalue weighted by Crippen LogP contribution is 2.11. The van der Waals surface area contributed by atoms with Crippen molar-refractivity contribution in [3.63, 3.8) is 0 Å². The summed E-state index contributed by atoms with van der Waals surface area (Å²) in [6.45, 7) is 1.64. The van der Waals surface area contributed by atoms with Gasteiger partial charge in [0.2, 0.25) is 0 Å². The highest BCUT2D eigenvalue weighted by Gasteiger charge is 2.16. The van der Waals surface area contributed by atoms with E-state index < -0.39 is 6.10 Å². The van der Waals surface area contributed by atoms with E-state index in [1.165, 1.54) is 11.3 Å². The number of hydrogen-bond donors (Lipinski definition) is 1. The quantitative estimate of drug-likeness (QED) is 0.831. The Morgan fingerprint density at radius 1 is 1.20 bits per heavy atom. The number of thiophene rings is 1. The van der Waals surface area contributed by atoms with Gasteiger partial charge in [0.25, 0.3) is 5.91 Å². The molecule has 1 N–H and O–H groups in total. The van der Waals surface area contributed by atoms with Crippen molar-refractivity contribution in [3.8, 4) is 5.75 Å². The van der Waals surface area contributed by atoms with Crippen LogP contribution in [0.1, 0.15) is 16.6 Å². The number of rotatable bonds is 6. The summed E-state index contributed by atoms with van der Waals surface area (Å²) >= 11 is 1.36. The van der Waals surface area contributed by atoms with Crippen LogP contribution in [-0.2, 0) is 4.79 Å². The van der Waals surface area contributed by atoms with Crippen LogP contribution in [0.15, 0.2) is 47.8 Å². The third kappa shape index (κ3) is 3.93. The maximum atomic E-state index is 11.8. The number of para-hydroxylation sites is 1. The predicted octanol–water partition coefficient (Wildman–Crippen LogP) is 2.51. The third-order valence-corrected chi connectivity index (χ3v) is 3.56. The second kappa shape index (κ2) is 6.86. The van der Waals surface area contributed by atoms with Crippen molar-refractivity contribution in [3.05, 3.63) is 52.7 Å². The van der Waals surface area contributed by atoms with E-state index in [0.717, 1.165) is 0 Å². The molecule has 2 rings (SSSR count). The Balaban J connectivity index is 1.81. The standard InChI is InChI=1S/C15H15NO3S/c1-11(19-12-6-3-2-4-7-12)15(18)16-10-13(17)14-8-5-9-20-14/h2-9,11H,10H2,1H3,(H,16,18)/t11-/m0/s1. The maximum Gasteiger partial charge on any atom is 0.261 e. The molecule has 0 saturated carbocycles. The van der Waals surface area contributed by atoms with Gasteiger partial charge in [0, 0.05) is 0 Å². The highest BCUT2D eigenvalue weighted by atomic mass is 32.1. The minimum atomic E-state index is -0.645. The number of benzene rings is 1. The number of ether oxygens (including phenoxy) is 1. The van der Waals surface area contributed by atoms with Crippen molar-refractivity contribution in [2.75, 3.05) is 6.54 Å². The molecule has 0 unspecified atom stereocenters. The number of nitrogens with one attached hydrogen (secondary N) is 1. The number of Topliss-reactive ketones (excluding diaryl/α,β-unsaturated/α-hetero) is 1. The smallest absolute Gasteiger partial charge is 0.261 e. The average Bonchev–Trinajstić information content (AvgIpc) is 2.99. The van der Waals surface area contributed by atoms with Gasteiger partial charge in [0.1, 0.15) is 5.75 Å². The van der Waals surface area contributed by atoms with E-state index in [2.05, 4.69) is 5.32 Å². The summed E-state index contributed by atoms with van der Waals surface area (Å²) < 4.78 is 5.48. The molecule has 0 saturated heterocycles. The molecule has 5 heteroatoms. The first-order chi connectivity index (χ1) is 9.66. The minimum Gasteiger partial charge on any atom is -0.481 e. The summed E-state index contributed by atoms with van der Waals surface area (Å²) in [5.41, 5.74) is 0. The summed E-state index contributed by atoms with van der Waals surface area (Å²) in [7, 11) is 0. The Kier molecular flexibility index (Phi) is 4.90. The second-order valence-corrected chi connectivity index (χ2v) is 5.14. The Labute approximate surface area is 121 Å². The maximum absolute atomic E-state index is 11.8. The summed E-state index contributed by atoms with van der Waals surface area (Å²) in [5.74, 6) is 0.221. The van der Waals surface area contributed by atoms with Gasteiger partial charge in [-0.15, -0.1) is 11.3 Å². The van der Waals surface area contributed by atoms with Crippen LogP contribution in [0.5, 0.6) is 5.75 Å². The summed E-state index contributed by atoms with van der Waals surface area (Å²) in [6, 6.07) is 12.6. The van der Waals surface area contributed by atoms with Crippen LogP contribution >= 0.6 is 11.3 Å². The zero-order chi connectivity index (χ0) is 14.4. The number of carbonyl (C=O) groups is 2. The van der Waals surface area contributed by atoms with E-state index in [0.29, 0.717) is 10.6 Å². The fraction of sp³-hybridized carbons (Fsp3) is 0.200. The van der Waals surface area contributed by atoms with E-state index in [9.17, 15) is 9.59 Å². The first-order valence-corrected chi connectivity index (χ1v) is 7.11. The molecule has 104 valence electrons. The minimum absolute atomic E-state index is 0.0121. The normalized spacial score (nSPS) is 11.7. The van der Waals surface area contributed by atoms with Crippen molar-refractivity contribution in [1.82, 2.24) is 5.32 Å². The summed E-state index contributed by atoms with van der Waals surface area (Å²) in [4.78, 5) is 24.2. The lowest BCUT2D eigenvalue weighted by Crippen LogP contribution is -2.38. The molecule has 0 spiro atoms. The van der Waals surface area contributed by atoms with Crippen molar-refractivity contribution in [2.24, 2.45) is 0 Å². The molecule has 1 atom stereocenters. The van der Waals surface area contributed by atoms with Gasteiger partial charge < -0.3 is 10.1 Å². The lowest BCUT2D eigenvalue weighted by Gasteiger charge is -2.14. The first kappa shape index (κ1) is 14.3. The molecule has 0 aliphatic heterocycles. The highest BCUT2D eigenvalue weighted by molar-refractivity contribution is 7.12. The SMILES string of the molecule is C[C@H](Oc1ccccc1)C(=O)NCC(=O)c1cccs1. The number of hydrogen-bond acceptors (Lipinski definition) is 4. The van der Waals surface area contributed by atoms with Gasteiger partial charge in [-0.1, -0.05) is 24.3 Å². The van der Waals surface area contributed by atoms with Gasteiger partial charge in [0.05, 0.1) is 11.4 Å². The van der Waals surface area contributed by atoms with Crippen LogP contribution in [0.4, 0.5) is 0 Å². The molecule has 0 aliphatic rings. The number of amides is 1. The molecule has 20 heavy (non-hydrogen) atoms. The Bertz CT molecular complexity index is 566. The van der Waals surface area contributed by atoms with Gasteiger partial charge in [-0.05, 0) is 30.5 Å². The number of ketones is 1. The molecular formula is C15H15NO3S. The van der Waals surface area contributed by atoms with Gasteiger partial charge in [-0.3, -0.25) is 9.59 Å². The number of carbonyl (C=O) groups excluding carboxylic acids is 2. The molecule has 1 aromatic heterocycles. The van der Waals surface area contributed by atoms with E-state index in [1.807, 2.05) is 23.6 Å².